The van der Waals surface area contributed by atoms with E-state index in [0.717, 1.165) is 17.0 Å². The highest BCUT2D eigenvalue weighted by molar-refractivity contribution is 7.92. The van der Waals surface area contributed by atoms with Gasteiger partial charge in [-0.15, -0.1) is 0 Å². The number of hydrogen-bond donors (Lipinski definition) is 0. The van der Waals surface area contributed by atoms with E-state index in [1.54, 1.807) is 6.92 Å². The predicted molar refractivity (Wildman–Crippen MR) is 101 cm³/mol. The average Bonchev–Trinajstić information content (AvgIpc) is 3.27. The van der Waals surface area contributed by atoms with Gasteiger partial charge in [-0.2, -0.15) is 13.2 Å². The Morgan fingerprint density at radius 3 is 2.23 bits per heavy atom. The topological polar surface area (TPSA) is 87.7 Å². The van der Waals surface area contributed by atoms with Crippen LogP contribution < -0.4 is 9.80 Å². The van der Waals surface area contributed by atoms with Crippen molar-refractivity contribution in [2.45, 2.75) is 29.3 Å². The molecule has 3 amide bonds. The molecule has 1 aliphatic heterocycles. The average molecular weight is 460 g/mol. The number of hydrogen-bond acceptors (Lipinski definition) is 5. The van der Waals surface area contributed by atoms with E-state index >= 15 is 0 Å². The summed E-state index contributed by atoms with van der Waals surface area (Å²) in [5, 5.41) is 0.122. The van der Waals surface area contributed by atoms with Crippen LogP contribution in [0.3, 0.4) is 0 Å². The van der Waals surface area contributed by atoms with Crippen molar-refractivity contribution in [2.24, 2.45) is 5.92 Å². The molecule has 2 fully saturated rings. The molecular formula is C18H13ClF3N3O4S. The second-order valence-electron chi connectivity index (χ2n) is 7.07. The van der Waals surface area contributed by atoms with E-state index in [2.05, 4.69) is 4.98 Å². The summed E-state index contributed by atoms with van der Waals surface area (Å²) in [7, 11) is -5.54. The summed E-state index contributed by atoms with van der Waals surface area (Å²) >= 11 is 5.91. The van der Waals surface area contributed by atoms with Crippen LogP contribution in [0.2, 0.25) is 5.15 Å². The normalized spacial score (nSPS) is 24.1. The fraction of sp³-hybridized carbons (Fsp3) is 0.278. The first kappa shape index (κ1) is 20.6. The summed E-state index contributed by atoms with van der Waals surface area (Å²) in [5.74, 6) is -0.699. The number of sulfone groups is 1. The van der Waals surface area contributed by atoms with Crippen LogP contribution in [0.1, 0.15) is 13.3 Å². The number of halogens is 4. The minimum Gasteiger partial charge on any atom is -0.278 e. The molecule has 2 heterocycles. The zero-order valence-electron chi connectivity index (χ0n) is 15.2. The van der Waals surface area contributed by atoms with Gasteiger partial charge in [-0.05, 0) is 48.7 Å². The number of nitrogens with zero attached hydrogens (tertiary/aromatic N) is 3. The molecular weight excluding hydrogens is 447 g/mol. The summed E-state index contributed by atoms with van der Waals surface area (Å²) in [4.78, 5) is 31.3. The zero-order valence-corrected chi connectivity index (χ0v) is 16.8. The van der Waals surface area contributed by atoms with Crippen molar-refractivity contribution < 1.29 is 31.2 Å². The van der Waals surface area contributed by atoms with Crippen molar-refractivity contribution >= 4 is 44.8 Å². The van der Waals surface area contributed by atoms with Gasteiger partial charge in [0.2, 0.25) is 0 Å². The van der Waals surface area contributed by atoms with E-state index in [1.165, 1.54) is 23.2 Å². The molecule has 1 spiro atoms. The lowest BCUT2D eigenvalue weighted by molar-refractivity contribution is -0.119. The number of alkyl halides is 3. The van der Waals surface area contributed by atoms with Crippen LogP contribution in [-0.4, -0.2) is 36.4 Å². The molecule has 30 heavy (non-hydrogen) atoms. The molecule has 0 bridgehead atoms. The molecule has 1 aromatic carbocycles. The Morgan fingerprint density at radius 2 is 1.73 bits per heavy atom. The van der Waals surface area contributed by atoms with Gasteiger partial charge in [0.1, 0.15) is 10.7 Å². The van der Waals surface area contributed by atoms with E-state index in [-0.39, 0.29) is 16.8 Å². The third-order valence-electron chi connectivity index (χ3n) is 5.31. The van der Waals surface area contributed by atoms with Crippen LogP contribution in [0.15, 0.2) is 47.5 Å². The highest BCUT2D eigenvalue weighted by Gasteiger charge is 2.70. The summed E-state index contributed by atoms with van der Waals surface area (Å²) in [6.07, 6.45) is 1.78. The maximum absolute atomic E-state index is 13.1. The van der Waals surface area contributed by atoms with Crippen molar-refractivity contribution in [3.8, 4) is 0 Å². The standard InChI is InChI=1S/C18H13ClF3N3O4S/c1-10-9-17(10)15(26)24(16(27)25(17)12-6-7-23-14(19)8-12)11-2-4-13(5-3-11)30(28,29)18(20,21)22/h2-8,10H,9H2,1H3. The van der Waals surface area contributed by atoms with Gasteiger partial charge in [-0.3, -0.25) is 9.69 Å². The SMILES string of the molecule is CC1CC12C(=O)N(c1ccc(S(=O)(=O)C(F)(F)F)cc1)C(=O)N2c1ccnc(Cl)c1. The highest BCUT2D eigenvalue weighted by atomic mass is 35.5. The number of rotatable bonds is 3. The Morgan fingerprint density at radius 1 is 1.13 bits per heavy atom. The number of urea groups is 1. The van der Waals surface area contributed by atoms with Gasteiger partial charge in [0, 0.05) is 6.20 Å². The second-order valence-corrected chi connectivity index (χ2v) is 9.40. The first-order valence-electron chi connectivity index (χ1n) is 8.63. The van der Waals surface area contributed by atoms with Crippen molar-refractivity contribution in [3.05, 3.63) is 47.7 Å². The quantitative estimate of drug-likeness (QED) is 0.515. The van der Waals surface area contributed by atoms with Gasteiger partial charge < -0.3 is 0 Å². The van der Waals surface area contributed by atoms with Gasteiger partial charge in [0.25, 0.3) is 15.7 Å². The van der Waals surface area contributed by atoms with Crippen LogP contribution >= 0.6 is 11.6 Å². The first-order valence-corrected chi connectivity index (χ1v) is 10.5. The Balaban J connectivity index is 1.74. The summed E-state index contributed by atoms with van der Waals surface area (Å²) in [6, 6.07) is 5.67. The van der Waals surface area contributed by atoms with Crippen molar-refractivity contribution in [3.63, 3.8) is 0 Å². The fourth-order valence-corrected chi connectivity index (χ4v) is 4.60. The van der Waals surface area contributed by atoms with Crippen LogP contribution in [0.4, 0.5) is 29.3 Å². The Kier molecular flexibility index (Phi) is 4.41. The molecule has 7 nitrogen and oxygen atoms in total. The maximum atomic E-state index is 13.1. The second kappa shape index (κ2) is 6.42. The molecule has 158 valence electrons. The number of anilines is 2. The predicted octanol–water partition coefficient (Wildman–Crippen LogP) is 3.78. The van der Waals surface area contributed by atoms with E-state index in [4.69, 9.17) is 11.6 Å². The third-order valence-corrected chi connectivity index (χ3v) is 7.01. The lowest BCUT2D eigenvalue weighted by atomic mass is 10.1. The Hall–Kier alpha value is -2.66. The lowest BCUT2D eigenvalue weighted by Gasteiger charge is -2.22. The molecule has 2 aliphatic rings. The van der Waals surface area contributed by atoms with Crippen LogP contribution in [-0.2, 0) is 14.6 Å². The van der Waals surface area contributed by atoms with Crippen molar-refractivity contribution in [1.29, 1.82) is 0 Å². The molecule has 2 unspecified atom stereocenters. The van der Waals surface area contributed by atoms with Gasteiger partial charge in [0.05, 0.1) is 16.3 Å². The number of imide groups is 1. The molecule has 0 radical (unpaired) electrons. The van der Waals surface area contributed by atoms with E-state index in [1.807, 2.05) is 0 Å². The maximum Gasteiger partial charge on any atom is 0.501 e. The third kappa shape index (κ3) is 2.79. The monoisotopic (exact) mass is 459 g/mol. The number of amides is 3. The van der Waals surface area contributed by atoms with Crippen molar-refractivity contribution in [1.82, 2.24) is 4.98 Å². The molecule has 1 saturated carbocycles. The molecule has 12 heteroatoms. The molecule has 4 rings (SSSR count). The summed E-state index contributed by atoms with van der Waals surface area (Å²) in [6.45, 7) is 1.80. The van der Waals surface area contributed by atoms with Crippen LogP contribution in [0.25, 0.3) is 0 Å². The number of aromatic nitrogens is 1. The van der Waals surface area contributed by atoms with Gasteiger partial charge in [0.15, 0.2) is 0 Å². The van der Waals surface area contributed by atoms with E-state index in [0.29, 0.717) is 24.2 Å². The molecule has 1 aromatic heterocycles. The minimum absolute atomic E-state index is 0.0350. The number of carbonyl (C=O) groups is 2. The van der Waals surface area contributed by atoms with Crippen molar-refractivity contribution in [2.75, 3.05) is 9.80 Å². The first-order chi connectivity index (χ1) is 13.9. The molecule has 0 N–H and O–H groups in total. The molecule has 1 saturated heterocycles. The molecule has 1 aliphatic carbocycles. The zero-order chi connectivity index (χ0) is 22.1. The van der Waals surface area contributed by atoms with E-state index in [9.17, 15) is 31.2 Å². The largest absolute Gasteiger partial charge is 0.501 e. The molecule has 2 atom stereocenters. The van der Waals surface area contributed by atoms with Gasteiger partial charge in [-0.1, -0.05) is 18.5 Å². The number of pyridine rings is 1. The van der Waals surface area contributed by atoms with Gasteiger partial charge in [-0.25, -0.2) is 23.1 Å². The fourth-order valence-electron chi connectivity index (χ4n) is 3.67. The Labute approximate surface area is 174 Å². The van der Waals surface area contributed by atoms with Crippen LogP contribution in [0, 0.1) is 5.92 Å². The van der Waals surface area contributed by atoms with E-state index < -0.39 is 37.7 Å². The van der Waals surface area contributed by atoms with Gasteiger partial charge >= 0.3 is 11.5 Å². The van der Waals surface area contributed by atoms with Crippen LogP contribution in [0.5, 0.6) is 0 Å². The number of benzene rings is 1. The number of carbonyl (C=O) groups excluding carboxylic acids is 2. The highest BCUT2D eigenvalue weighted by Crippen LogP contribution is 2.55. The minimum atomic E-state index is -5.54. The molecule has 2 aromatic rings. The summed E-state index contributed by atoms with van der Waals surface area (Å²) < 4.78 is 61.3. The summed E-state index contributed by atoms with van der Waals surface area (Å²) in [5.41, 5.74) is -6.26. The Bertz CT molecular complexity index is 1170. The lowest BCUT2D eigenvalue weighted by Crippen LogP contribution is -2.38. The smallest absolute Gasteiger partial charge is 0.278 e.